The predicted molar refractivity (Wildman–Crippen MR) is 89.0 cm³/mol. The Bertz CT molecular complexity index is 744. The Hall–Kier alpha value is -3.15. The lowest BCUT2D eigenvalue weighted by molar-refractivity contribution is -0.119. The number of amides is 2. The number of hydrogen-bond acceptors (Lipinski definition) is 4. The molecule has 6 nitrogen and oxygen atoms in total. The van der Waals surface area contributed by atoms with E-state index in [0.717, 1.165) is 5.69 Å². The molecule has 1 heterocycles. The molecule has 0 saturated carbocycles. The number of primary amides is 1. The lowest BCUT2D eigenvalue weighted by Crippen LogP contribution is -2.39. The molecular weight excluding hydrogens is 292 g/mol. The Balaban J connectivity index is 1.82. The van der Waals surface area contributed by atoms with Crippen LogP contribution < -0.4 is 16.1 Å². The topological polar surface area (TPSA) is 87.8 Å². The van der Waals surface area contributed by atoms with Crippen molar-refractivity contribution < 1.29 is 9.59 Å². The Morgan fingerprint density at radius 3 is 2.26 bits per heavy atom. The number of rotatable bonds is 4. The van der Waals surface area contributed by atoms with Crippen molar-refractivity contribution in [1.82, 2.24) is 0 Å². The zero-order valence-corrected chi connectivity index (χ0v) is 12.3. The number of carbonyl (C=O) groups is 2. The molecule has 2 amide bonds. The van der Waals surface area contributed by atoms with Crippen LogP contribution in [0.1, 0.15) is 6.42 Å². The third kappa shape index (κ3) is 3.21. The van der Waals surface area contributed by atoms with E-state index < -0.39 is 11.9 Å². The largest absolute Gasteiger partial charge is 0.368 e. The second-order valence-corrected chi connectivity index (χ2v) is 5.17. The number of benzene rings is 2. The van der Waals surface area contributed by atoms with Gasteiger partial charge in [0.25, 0.3) is 5.91 Å². The van der Waals surface area contributed by atoms with E-state index in [9.17, 15) is 9.59 Å². The summed E-state index contributed by atoms with van der Waals surface area (Å²) < 4.78 is 0. The molecule has 1 unspecified atom stereocenters. The van der Waals surface area contributed by atoms with E-state index in [4.69, 9.17) is 5.73 Å². The second-order valence-electron chi connectivity index (χ2n) is 5.17. The monoisotopic (exact) mass is 308 g/mol. The molecule has 23 heavy (non-hydrogen) atoms. The van der Waals surface area contributed by atoms with Crippen LogP contribution in [0.4, 0.5) is 11.4 Å². The van der Waals surface area contributed by atoms with E-state index in [1.54, 1.807) is 12.1 Å². The summed E-state index contributed by atoms with van der Waals surface area (Å²) in [6.07, 6.45) is 0.183. The Morgan fingerprint density at radius 1 is 1.04 bits per heavy atom. The van der Waals surface area contributed by atoms with Gasteiger partial charge in [-0.3, -0.25) is 14.6 Å². The molecule has 0 aliphatic carbocycles. The number of nitrogens with two attached hydrogens (primary N) is 1. The van der Waals surface area contributed by atoms with Crippen LogP contribution in [-0.2, 0) is 9.59 Å². The van der Waals surface area contributed by atoms with Crippen LogP contribution >= 0.6 is 0 Å². The van der Waals surface area contributed by atoms with Crippen LogP contribution in [-0.4, -0.2) is 23.6 Å². The van der Waals surface area contributed by atoms with Gasteiger partial charge in [-0.05, 0) is 24.3 Å². The highest BCUT2D eigenvalue weighted by molar-refractivity contribution is 6.44. The van der Waals surface area contributed by atoms with E-state index in [1.165, 1.54) is 5.01 Å². The predicted octanol–water partition coefficient (Wildman–Crippen LogP) is 1.75. The molecule has 1 atom stereocenters. The van der Waals surface area contributed by atoms with Gasteiger partial charge in [0.05, 0.1) is 5.69 Å². The lowest BCUT2D eigenvalue weighted by Gasteiger charge is -2.20. The molecule has 0 fully saturated rings. The van der Waals surface area contributed by atoms with Gasteiger partial charge in [-0.25, -0.2) is 0 Å². The zero-order chi connectivity index (χ0) is 16.2. The van der Waals surface area contributed by atoms with Crippen molar-refractivity contribution in [3.63, 3.8) is 0 Å². The third-order valence-electron chi connectivity index (χ3n) is 3.55. The van der Waals surface area contributed by atoms with Gasteiger partial charge in [0.15, 0.2) is 0 Å². The van der Waals surface area contributed by atoms with Gasteiger partial charge in [-0.15, -0.1) is 0 Å². The first kappa shape index (κ1) is 14.8. The molecule has 2 aromatic rings. The number of carbonyl (C=O) groups excluding carboxylic acids is 2. The van der Waals surface area contributed by atoms with Gasteiger partial charge in [0.2, 0.25) is 5.91 Å². The maximum atomic E-state index is 12.3. The minimum Gasteiger partial charge on any atom is -0.368 e. The van der Waals surface area contributed by atoms with Gasteiger partial charge in [0, 0.05) is 12.1 Å². The molecule has 0 aromatic heterocycles. The van der Waals surface area contributed by atoms with Gasteiger partial charge >= 0.3 is 0 Å². The third-order valence-corrected chi connectivity index (χ3v) is 3.55. The summed E-state index contributed by atoms with van der Waals surface area (Å²) >= 11 is 0. The SMILES string of the molecule is NC(=O)C1CC(C(=O)Nc2ccccc2)=NN1c1ccccc1. The molecule has 3 N–H and O–H groups in total. The van der Waals surface area contributed by atoms with E-state index in [1.807, 2.05) is 48.5 Å². The highest BCUT2D eigenvalue weighted by Gasteiger charge is 2.34. The average Bonchev–Trinajstić information content (AvgIpc) is 3.02. The summed E-state index contributed by atoms with van der Waals surface area (Å²) in [5, 5.41) is 8.56. The van der Waals surface area contributed by atoms with Crippen LogP contribution in [0.25, 0.3) is 0 Å². The van der Waals surface area contributed by atoms with Gasteiger partial charge in [0.1, 0.15) is 11.8 Å². The van der Waals surface area contributed by atoms with Crippen LogP contribution in [0.2, 0.25) is 0 Å². The first-order chi connectivity index (χ1) is 11.1. The molecule has 3 rings (SSSR count). The highest BCUT2D eigenvalue weighted by atomic mass is 16.2. The van der Waals surface area contributed by atoms with E-state index in [2.05, 4.69) is 10.4 Å². The molecular formula is C17H16N4O2. The molecule has 116 valence electrons. The standard InChI is InChI=1S/C17H16N4O2/c18-16(22)15-11-14(17(23)19-12-7-3-1-4-8-12)20-21(15)13-9-5-2-6-10-13/h1-10,15H,11H2,(H2,18,22)(H,19,23). The molecule has 0 saturated heterocycles. The van der Waals surface area contributed by atoms with Crippen LogP contribution in [0.3, 0.4) is 0 Å². The smallest absolute Gasteiger partial charge is 0.271 e. The number of hydrogen-bond donors (Lipinski definition) is 2. The van der Waals surface area contributed by atoms with E-state index in [0.29, 0.717) is 5.69 Å². The summed E-state index contributed by atoms with van der Waals surface area (Å²) in [6.45, 7) is 0. The van der Waals surface area contributed by atoms with Crippen molar-refractivity contribution in [2.45, 2.75) is 12.5 Å². The number of nitrogens with zero attached hydrogens (tertiary/aromatic N) is 2. The first-order valence-electron chi connectivity index (χ1n) is 7.22. The molecule has 1 aliphatic heterocycles. The highest BCUT2D eigenvalue weighted by Crippen LogP contribution is 2.24. The zero-order valence-electron chi connectivity index (χ0n) is 12.3. The molecule has 6 heteroatoms. The van der Waals surface area contributed by atoms with Crippen molar-refractivity contribution in [2.24, 2.45) is 10.8 Å². The minimum atomic E-state index is -0.658. The van der Waals surface area contributed by atoms with E-state index >= 15 is 0 Å². The summed E-state index contributed by atoms with van der Waals surface area (Å²) in [5.74, 6) is -0.846. The van der Waals surface area contributed by atoms with Crippen molar-refractivity contribution in [1.29, 1.82) is 0 Å². The molecule has 0 bridgehead atoms. The fraction of sp³-hybridized carbons (Fsp3) is 0.118. The van der Waals surface area contributed by atoms with Crippen molar-refractivity contribution in [3.05, 3.63) is 60.7 Å². The Labute approximate surface area is 133 Å². The number of para-hydroxylation sites is 2. The first-order valence-corrected chi connectivity index (χ1v) is 7.22. The van der Waals surface area contributed by atoms with Crippen molar-refractivity contribution >= 4 is 28.9 Å². The van der Waals surface area contributed by atoms with Crippen LogP contribution in [0, 0.1) is 0 Å². The van der Waals surface area contributed by atoms with Crippen LogP contribution in [0.15, 0.2) is 65.8 Å². The molecule has 0 spiro atoms. The average molecular weight is 308 g/mol. The summed E-state index contributed by atoms with van der Waals surface area (Å²) in [5.41, 5.74) is 7.13. The summed E-state index contributed by atoms with van der Waals surface area (Å²) in [6, 6.07) is 17.6. The lowest BCUT2D eigenvalue weighted by atomic mass is 10.1. The van der Waals surface area contributed by atoms with Crippen LogP contribution in [0.5, 0.6) is 0 Å². The Kier molecular flexibility index (Phi) is 4.05. The molecule has 2 aromatic carbocycles. The second kappa shape index (κ2) is 6.31. The number of nitrogens with one attached hydrogen (secondary N) is 1. The molecule has 0 radical (unpaired) electrons. The number of hydrazone groups is 1. The minimum absolute atomic E-state index is 0.183. The van der Waals surface area contributed by atoms with Gasteiger partial charge in [-0.1, -0.05) is 36.4 Å². The van der Waals surface area contributed by atoms with E-state index in [-0.39, 0.29) is 18.0 Å². The summed E-state index contributed by atoms with van der Waals surface area (Å²) in [4.78, 5) is 24.0. The quantitative estimate of drug-likeness (QED) is 0.902. The number of anilines is 2. The van der Waals surface area contributed by atoms with Gasteiger partial charge in [-0.2, -0.15) is 5.10 Å². The maximum absolute atomic E-state index is 12.3. The van der Waals surface area contributed by atoms with Crippen molar-refractivity contribution in [2.75, 3.05) is 10.3 Å². The fourth-order valence-corrected chi connectivity index (χ4v) is 2.41. The normalized spacial score (nSPS) is 16.8. The molecule has 1 aliphatic rings. The maximum Gasteiger partial charge on any atom is 0.271 e. The van der Waals surface area contributed by atoms with Gasteiger partial charge < -0.3 is 11.1 Å². The van der Waals surface area contributed by atoms with Crippen molar-refractivity contribution in [3.8, 4) is 0 Å². The fourth-order valence-electron chi connectivity index (χ4n) is 2.41. The Morgan fingerprint density at radius 2 is 1.65 bits per heavy atom. The summed E-state index contributed by atoms with van der Waals surface area (Å²) in [7, 11) is 0.